The van der Waals surface area contributed by atoms with Crippen LogP contribution in [-0.4, -0.2) is 56.0 Å². The van der Waals surface area contributed by atoms with Crippen molar-refractivity contribution in [1.29, 1.82) is 0 Å². The van der Waals surface area contributed by atoms with Crippen LogP contribution in [-0.2, 0) is 4.74 Å². The fourth-order valence-corrected chi connectivity index (χ4v) is 2.01. The first kappa shape index (κ1) is 12.1. The van der Waals surface area contributed by atoms with Gasteiger partial charge in [0.2, 0.25) is 0 Å². The molecule has 6 heteroatoms. The van der Waals surface area contributed by atoms with Crippen LogP contribution < -0.4 is 5.32 Å². The number of hydrogen-bond donors (Lipinski definition) is 1. The zero-order valence-corrected chi connectivity index (χ0v) is 9.09. The molecule has 0 radical (unpaired) electrons. The number of alkyl halides is 3. The first-order valence-corrected chi connectivity index (χ1v) is 5.68. The van der Waals surface area contributed by atoms with Gasteiger partial charge in [-0.2, -0.15) is 13.2 Å². The zero-order valence-electron chi connectivity index (χ0n) is 9.09. The van der Waals surface area contributed by atoms with Gasteiger partial charge in [0.05, 0.1) is 19.3 Å². The molecule has 0 aromatic rings. The molecule has 1 aliphatic heterocycles. The van der Waals surface area contributed by atoms with Crippen LogP contribution >= 0.6 is 0 Å². The summed E-state index contributed by atoms with van der Waals surface area (Å²) in [7, 11) is 0. The molecule has 0 aromatic heterocycles. The second-order valence-corrected chi connectivity index (χ2v) is 4.47. The predicted octanol–water partition coefficient (Wildman–Crippen LogP) is 1.00. The SMILES string of the molecule is FC(F)(F)CN(CC1CNCCO1)C1CC1. The summed E-state index contributed by atoms with van der Waals surface area (Å²) in [6, 6.07) is 0.118. The van der Waals surface area contributed by atoms with Crippen LogP contribution in [0.15, 0.2) is 0 Å². The van der Waals surface area contributed by atoms with Crippen LogP contribution in [0.4, 0.5) is 13.2 Å². The third-order valence-electron chi connectivity index (χ3n) is 2.89. The Bertz CT molecular complexity index is 225. The minimum Gasteiger partial charge on any atom is -0.374 e. The van der Waals surface area contributed by atoms with Crippen LogP contribution in [0.2, 0.25) is 0 Å². The highest BCUT2D eigenvalue weighted by atomic mass is 19.4. The minimum absolute atomic E-state index is 0.100. The molecule has 1 saturated heterocycles. The smallest absolute Gasteiger partial charge is 0.374 e. The molecule has 0 bridgehead atoms. The summed E-state index contributed by atoms with van der Waals surface area (Å²) in [6.45, 7) is 1.62. The molecule has 94 valence electrons. The molecule has 1 N–H and O–H groups in total. The van der Waals surface area contributed by atoms with E-state index < -0.39 is 12.7 Å². The van der Waals surface area contributed by atoms with E-state index in [4.69, 9.17) is 4.74 Å². The number of halogens is 3. The van der Waals surface area contributed by atoms with E-state index in [0.29, 0.717) is 19.7 Å². The van der Waals surface area contributed by atoms with Crippen molar-refractivity contribution in [2.75, 3.05) is 32.8 Å². The van der Waals surface area contributed by atoms with Gasteiger partial charge in [-0.1, -0.05) is 0 Å². The second kappa shape index (κ2) is 4.89. The van der Waals surface area contributed by atoms with Crippen LogP contribution in [0.5, 0.6) is 0 Å². The van der Waals surface area contributed by atoms with E-state index >= 15 is 0 Å². The molecule has 0 spiro atoms. The minimum atomic E-state index is -4.11. The maximum Gasteiger partial charge on any atom is 0.401 e. The van der Waals surface area contributed by atoms with Crippen molar-refractivity contribution in [2.24, 2.45) is 0 Å². The monoisotopic (exact) mass is 238 g/mol. The van der Waals surface area contributed by atoms with Crippen LogP contribution in [0.3, 0.4) is 0 Å². The Morgan fingerprint density at radius 1 is 1.31 bits per heavy atom. The molecule has 2 fully saturated rings. The Morgan fingerprint density at radius 3 is 2.56 bits per heavy atom. The van der Waals surface area contributed by atoms with Gasteiger partial charge in [-0.15, -0.1) is 0 Å². The van der Waals surface area contributed by atoms with E-state index in [1.165, 1.54) is 4.90 Å². The van der Waals surface area contributed by atoms with Gasteiger partial charge in [0.15, 0.2) is 0 Å². The summed E-state index contributed by atoms with van der Waals surface area (Å²) in [5.41, 5.74) is 0. The van der Waals surface area contributed by atoms with E-state index in [0.717, 1.165) is 19.4 Å². The number of nitrogens with one attached hydrogen (secondary N) is 1. The Labute approximate surface area is 92.9 Å². The summed E-state index contributed by atoms with van der Waals surface area (Å²) in [5, 5.41) is 3.13. The Morgan fingerprint density at radius 2 is 2.06 bits per heavy atom. The Hall–Kier alpha value is -0.330. The molecule has 2 aliphatic rings. The van der Waals surface area contributed by atoms with E-state index in [1.54, 1.807) is 0 Å². The molecule has 1 aliphatic carbocycles. The highest BCUT2D eigenvalue weighted by Crippen LogP contribution is 2.30. The van der Waals surface area contributed by atoms with Crippen molar-refractivity contribution in [3.8, 4) is 0 Å². The van der Waals surface area contributed by atoms with Crippen LogP contribution in [0, 0.1) is 0 Å². The topological polar surface area (TPSA) is 24.5 Å². The Kier molecular flexibility index (Phi) is 3.71. The molecule has 2 rings (SSSR count). The number of rotatable bonds is 4. The highest BCUT2D eigenvalue weighted by molar-refractivity contribution is 4.87. The lowest BCUT2D eigenvalue weighted by Crippen LogP contribution is -2.48. The summed E-state index contributed by atoms with van der Waals surface area (Å²) in [6.07, 6.45) is -2.44. The maximum absolute atomic E-state index is 12.3. The number of nitrogens with zero attached hydrogens (tertiary/aromatic N) is 1. The van der Waals surface area contributed by atoms with Gasteiger partial charge in [-0.25, -0.2) is 0 Å². The standard InChI is InChI=1S/C10H17F3N2O/c11-10(12,13)7-15(8-1-2-8)6-9-5-14-3-4-16-9/h8-9,14H,1-7H2. The van der Waals surface area contributed by atoms with Gasteiger partial charge in [-0.3, -0.25) is 4.90 Å². The second-order valence-electron chi connectivity index (χ2n) is 4.47. The van der Waals surface area contributed by atoms with E-state index in [2.05, 4.69) is 5.32 Å². The lowest BCUT2D eigenvalue weighted by Gasteiger charge is -2.30. The van der Waals surface area contributed by atoms with Gasteiger partial charge >= 0.3 is 6.18 Å². The summed E-state index contributed by atoms with van der Waals surface area (Å²) >= 11 is 0. The van der Waals surface area contributed by atoms with Gasteiger partial charge in [0.25, 0.3) is 0 Å². The molecule has 1 atom stereocenters. The van der Waals surface area contributed by atoms with Crippen molar-refractivity contribution in [1.82, 2.24) is 10.2 Å². The summed E-state index contributed by atoms with van der Waals surface area (Å²) in [5.74, 6) is 0. The van der Waals surface area contributed by atoms with Crippen LogP contribution in [0.25, 0.3) is 0 Å². The molecule has 3 nitrogen and oxygen atoms in total. The first-order valence-electron chi connectivity index (χ1n) is 5.68. The fourth-order valence-electron chi connectivity index (χ4n) is 2.01. The van der Waals surface area contributed by atoms with Crippen molar-refractivity contribution < 1.29 is 17.9 Å². The summed E-state index contributed by atoms with van der Waals surface area (Å²) in [4.78, 5) is 1.51. The van der Waals surface area contributed by atoms with Gasteiger partial charge in [0, 0.05) is 25.7 Å². The number of hydrogen-bond acceptors (Lipinski definition) is 3. The largest absolute Gasteiger partial charge is 0.401 e. The quantitative estimate of drug-likeness (QED) is 0.791. The molecular weight excluding hydrogens is 221 g/mol. The van der Waals surface area contributed by atoms with Gasteiger partial charge in [0.1, 0.15) is 0 Å². The predicted molar refractivity (Wildman–Crippen MR) is 53.3 cm³/mol. The number of ether oxygens (including phenoxy) is 1. The lowest BCUT2D eigenvalue weighted by molar-refractivity contribution is -0.151. The summed E-state index contributed by atoms with van der Waals surface area (Å²) < 4.78 is 42.5. The van der Waals surface area contributed by atoms with Crippen molar-refractivity contribution in [3.63, 3.8) is 0 Å². The molecular formula is C10H17F3N2O. The molecule has 1 unspecified atom stereocenters. The molecule has 1 heterocycles. The normalized spacial score (nSPS) is 27.4. The highest BCUT2D eigenvalue weighted by Gasteiger charge is 2.39. The van der Waals surface area contributed by atoms with Crippen LogP contribution in [0.1, 0.15) is 12.8 Å². The average molecular weight is 238 g/mol. The average Bonchev–Trinajstić information content (AvgIpc) is 2.99. The van der Waals surface area contributed by atoms with E-state index in [1.807, 2.05) is 0 Å². The third kappa shape index (κ3) is 3.92. The Balaban J connectivity index is 1.82. The third-order valence-corrected chi connectivity index (χ3v) is 2.89. The lowest BCUT2D eigenvalue weighted by atomic mass is 10.2. The number of morpholine rings is 1. The maximum atomic E-state index is 12.3. The zero-order chi connectivity index (χ0) is 11.6. The van der Waals surface area contributed by atoms with E-state index in [9.17, 15) is 13.2 Å². The van der Waals surface area contributed by atoms with Gasteiger partial charge < -0.3 is 10.1 Å². The van der Waals surface area contributed by atoms with Crippen molar-refractivity contribution in [3.05, 3.63) is 0 Å². The molecule has 0 aromatic carbocycles. The first-order chi connectivity index (χ1) is 7.54. The molecule has 16 heavy (non-hydrogen) atoms. The van der Waals surface area contributed by atoms with Crippen molar-refractivity contribution in [2.45, 2.75) is 31.2 Å². The van der Waals surface area contributed by atoms with Gasteiger partial charge in [-0.05, 0) is 12.8 Å². The van der Waals surface area contributed by atoms with Crippen molar-refractivity contribution >= 4 is 0 Å². The van der Waals surface area contributed by atoms with E-state index in [-0.39, 0.29) is 12.1 Å². The molecule has 0 amide bonds. The molecule has 1 saturated carbocycles. The fraction of sp³-hybridized carbons (Fsp3) is 1.00.